The van der Waals surface area contributed by atoms with E-state index in [1.807, 2.05) is 0 Å². The summed E-state index contributed by atoms with van der Waals surface area (Å²) in [6.07, 6.45) is -34.3. The molecule has 0 spiro atoms. The van der Waals surface area contributed by atoms with E-state index in [0.717, 1.165) is 18.2 Å². The normalized spacial score (nSPS) is 20.7. The van der Waals surface area contributed by atoms with Gasteiger partial charge in [0.25, 0.3) is 0 Å². The van der Waals surface area contributed by atoms with Gasteiger partial charge in [0.1, 0.15) is 60.4 Å². The van der Waals surface area contributed by atoms with Crippen LogP contribution in [0.4, 0.5) is 0 Å². The lowest BCUT2D eigenvalue weighted by atomic mass is 9.88. The van der Waals surface area contributed by atoms with Crippen LogP contribution in [-0.2, 0) is 49.1 Å². The first-order valence-corrected chi connectivity index (χ1v) is 37.6. The summed E-state index contributed by atoms with van der Waals surface area (Å²) in [6.45, 7) is -3.16. The monoisotopic (exact) mass is 1860 g/mol. The number of benzene rings is 10. The fraction of sp³-hybridized carbons (Fsp3) is 0.181. The molecule has 0 bridgehead atoms. The van der Waals surface area contributed by atoms with Crippen LogP contribution in [0.5, 0.6) is 172 Å². The molecule has 50 nitrogen and oxygen atoms in total. The van der Waals surface area contributed by atoms with Gasteiger partial charge in [-0.25, -0.2) is 38.4 Å². The fourth-order valence-corrected chi connectivity index (χ4v) is 15.2. The molecule has 50 heteroatoms. The molecule has 694 valence electrons. The lowest BCUT2D eigenvalue weighted by molar-refractivity contribution is -0.284. The molecule has 12 atom stereocenters. The molecule has 0 radical (unpaired) electrons. The average Bonchev–Trinajstić information content (AvgIpc) is 1.39. The SMILES string of the molecule is O=C(O[C@@H]1[C@@H](OC(=O)c2cc(O)c(O)c(O)c2Oc2cc3c(c(O)c2O)-c2c(cc(O)c(O)c2O)C(=O)O[C@@H]([C@@H]2OC(=O)c4cc(O)c(O)c(O)c4-c4c(cc(O)c(O)c4O)C(=O)OC[C@H]2O)[C@H]([C@@H](O)c2c(O)cc4c(c2O)C[C@@H](O)[C@@H](c2ccc(O)c(O)c2)O4)OC3=O)[C@H](O)O[C@@H]2COC(=O)c3cc(O)c(O)c(O)c3-c3c(cc(O)c(O)c3O)C(=O)O[C@@H]12)c1cc(O)c(O)c(O)c1. The van der Waals surface area contributed by atoms with Crippen molar-refractivity contribution in [2.75, 3.05) is 13.2 Å². The van der Waals surface area contributed by atoms with E-state index in [0.29, 0.717) is 30.3 Å². The van der Waals surface area contributed by atoms with Crippen LogP contribution in [0.15, 0.2) is 78.9 Å². The summed E-state index contributed by atoms with van der Waals surface area (Å²) in [5.41, 5.74) is -21.1. The van der Waals surface area contributed by atoms with Crippen molar-refractivity contribution in [3.05, 3.63) is 140 Å². The summed E-state index contributed by atoms with van der Waals surface area (Å²) in [5, 5.41) is 350. The van der Waals surface area contributed by atoms with E-state index in [4.69, 9.17) is 52.1 Å². The summed E-state index contributed by atoms with van der Waals surface area (Å²) in [5.74, 6) is -61.4. The number of hydrogen-bond donors (Lipinski definition) is 31. The number of carbonyl (C=O) groups excluding carboxylic acids is 8. The van der Waals surface area contributed by atoms with Gasteiger partial charge in [0.2, 0.25) is 46.0 Å². The van der Waals surface area contributed by atoms with Crippen molar-refractivity contribution in [1.29, 1.82) is 0 Å². The topological polar surface area (TPSA) is 865 Å². The van der Waals surface area contributed by atoms with Crippen molar-refractivity contribution in [3.8, 4) is 206 Å². The predicted molar refractivity (Wildman–Crippen MR) is 417 cm³/mol. The number of aromatic hydroxyl groups is 27. The molecule has 5 heterocycles. The van der Waals surface area contributed by atoms with Crippen LogP contribution in [0.3, 0.4) is 0 Å². The van der Waals surface area contributed by atoms with Gasteiger partial charge in [-0.3, -0.25) is 0 Å². The lowest BCUT2D eigenvalue weighted by Gasteiger charge is -2.42. The zero-order valence-corrected chi connectivity index (χ0v) is 65.7. The second kappa shape index (κ2) is 33.0. The molecule has 0 aromatic heterocycles. The molecule has 0 unspecified atom stereocenters. The van der Waals surface area contributed by atoms with Gasteiger partial charge < -0.3 is 210 Å². The molecule has 5 aliphatic heterocycles. The zero-order chi connectivity index (χ0) is 96.8. The summed E-state index contributed by atoms with van der Waals surface area (Å²) in [6, 6.07) is 5.90. The van der Waals surface area contributed by atoms with Gasteiger partial charge in [-0.1, -0.05) is 6.07 Å². The second-order valence-electron chi connectivity index (χ2n) is 29.7. The molecule has 5 aliphatic rings. The molecule has 0 saturated carbocycles. The fourth-order valence-electron chi connectivity index (χ4n) is 15.2. The Morgan fingerprint density at radius 2 is 0.752 bits per heavy atom. The standard InChI is InChI=1S/C83H62O50/c84-27-2-1-17(3-28(27)85)67-38(95)6-19-40(125-67)14-29(86)49(50(19)97)65(112)71-72(69-39(96)15-123-76(115)20-7-32(89)52(99)59(106)43(20)45-22(78(117)128-69)9-34(91)54(101)61(45)108)132-80(119)24-11-36(93)56(103)63(110)47(24)48-25(81(120)130-71)13-41(58(105)64(48)111)126-68-26(12-37(94)57(104)66(68)113)82(121)133-74-73(131-75(114)18-4-30(87)51(98)31(88)5-18)70-42(127-83(74)122)16-124-77(116)21-8-33(90)53(100)60(107)44(21)46-23(79(118)129-70)10-35(92)55(102)62(46)109/h1-5,7-14,38-39,42,65,67,69-74,83-113,122H,6,15-16H2/t38-,39-,42-,65+,67-,69-,70-,71+,72+,73+,74-,83-/m1/s1. The number of rotatable bonds is 10. The third kappa shape index (κ3) is 15.0. The first-order chi connectivity index (χ1) is 62.6. The maximum absolute atomic E-state index is 16.1. The zero-order valence-electron chi connectivity index (χ0n) is 65.7. The second-order valence-corrected chi connectivity index (χ2v) is 29.7. The highest BCUT2D eigenvalue weighted by Crippen LogP contribution is 2.60. The Balaban J connectivity index is 0.880. The third-order valence-electron chi connectivity index (χ3n) is 21.7. The first-order valence-electron chi connectivity index (χ1n) is 37.6. The minimum Gasteiger partial charge on any atom is -0.507 e. The largest absolute Gasteiger partial charge is 0.507 e. The van der Waals surface area contributed by atoms with Crippen LogP contribution in [0.25, 0.3) is 33.4 Å². The smallest absolute Gasteiger partial charge is 0.342 e. The van der Waals surface area contributed by atoms with Gasteiger partial charge >= 0.3 is 47.8 Å². The van der Waals surface area contributed by atoms with Crippen molar-refractivity contribution >= 4 is 47.8 Å². The number of phenolic OH excluding ortho intramolecular Hbond substituents is 27. The van der Waals surface area contributed by atoms with Crippen molar-refractivity contribution in [2.24, 2.45) is 0 Å². The molecule has 31 N–H and O–H groups in total. The molecule has 1 fully saturated rings. The number of aliphatic hydroxyl groups is 4. The van der Waals surface area contributed by atoms with Crippen LogP contribution in [-0.4, -0.2) is 280 Å². The van der Waals surface area contributed by atoms with Gasteiger partial charge in [0.15, 0.2) is 152 Å². The van der Waals surface area contributed by atoms with Crippen molar-refractivity contribution in [2.45, 2.75) is 79.9 Å². The minimum absolute atomic E-state index is 0.0657. The summed E-state index contributed by atoms with van der Waals surface area (Å²) in [7, 11) is 0. The van der Waals surface area contributed by atoms with Crippen LogP contribution in [0.1, 0.15) is 112 Å². The number of cyclic esters (lactones) is 5. The first kappa shape index (κ1) is 89.8. The van der Waals surface area contributed by atoms with E-state index in [1.54, 1.807) is 0 Å². The van der Waals surface area contributed by atoms with E-state index < -0.39 is 402 Å². The number of hydrogen-bond acceptors (Lipinski definition) is 50. The number of phenols is 27. The van der Waals surface area contributed by atoms with E-state index >= 15 is 19.2 Å². The number of carbonyl (C=O) groups is 8. The van der Waals surface area contributed by atoms with Crippen LogP contribution < -0.4 is 9.47 Å². The van der Waals surface area contributed by atoms with E-state index in [2.05, 4.69) is 0 Å². The van der Waals surface area contributed by atoms with Crippen LogP contribution >= 0.6 is 0 Å². The summed E-state index contributed by atoms with van der Waals surface area (Å²) in [4.78, 5) is 120. The highest BCUT2D eigenvalue weighted by Gasteiger charge is 2.56. The van der Waals surface area contributed by atoms with Gasteiger partial charge in [-0.2, -0.15) is 0 Å². The van der Waals surface area contributed by atoms with Gasteiger partial charge in [0, 0.05) is 63.6 Å². The summed E-state index contributed by atoms with van der Waals surface area (Å²) >= 11 is 0. The molecule has 10 aromatic carbocycles. The highest BCUT2D eigenvalue weighted by molar-refractivity contribution is 6.12. The van der Waals surface area contributed by atoms with Crippen molar-refractivity contribution < 1.29 is 249 Å². The van der Waals surface area contributed by atoms with Crippen LogP contribution in [0.2, 0.25) is 0 Å². The van der Waals surface area contributed by atoms with Gasteiger partial charge in [0.05, 0.1) is 50.6 Å². The number of esters is 8. The third-order valence-corrected chi connectivity index (χ3v) is 21.7. The molecule has 0 aliphatic carbocycles. The van der Waals surface area contributed by atoms with E-state index in [9.17, 15) is 177 Å². The predicted octanol–water partition coefficient (Wildman–Crippen LogP) is 2.99. The Bertz CT molecular complexity index is 6710. The molecule has 10 aromatic rings. The quantitative estimate of drug-likeness (QED) is 0.0531. The number of fused-ring (bicyclic) bond motifs is 11. The molecular weight excluding hydrogens is 1800 g/mol. The lowest BCUT2D eigenvalue weighted by Crippen LogP contribution is -2.62. The minimum atomic E-state index is -3.35. The highest BCUT2D eigenvalue weighted by atomic mass is 16.7. The Kier molecular flexibility index (Phi) is 22.3. The van der Waals surface area contributed by atoms with E-state index in [1.165, 1.54) is 0 Å². The Labute approximate surface area is 732 Å². The van der Waals surface area contributed by atoms with Crippen LogP contribution in [0, 0.1) is 0 Å². The van der Waals surface area contributed by atoms with Crippen molar-refractivity contribution in [3.63, 3.8) is 0 Å². The van der Waals surface area contributed by atoms with Gasteiger partial charge in [-0.05, 0) is 60.2 Å². The molecule has 15 rings (SSSR count). The molecule has 1 saturated heterocycles. The van der Waals surface area contributed by atoms with Crippen molar-refractivity contribution in [1.82, 2.24) is 0 Å². The summed E-state index contributed by atoms with van der Waals surface area (Å²) < 4.78 is 62.3. The maximum Gasteiger partial charge on any atom is 0.342 e. The molecule has 0 amide bonds. The number of ether oxygens (including phenoxy) is 11. The van der Waals surface area contributed by atoms with E-state index in [-0.39, 0.29) is 35.9 Å². The maximum atomic E-state index is 16.1. The average molecular weight is 1860 g/mol. The number of aliphatic hydroxyl groups excluding tert-OH is 4. The Hall–Kier alpha value is -18.0. The Morgan fingerprint density at radius 3 is 1.23 bits per heavy atom. The molecular formula is C83H62O50. The molecule has 133 heavy (non-hydrogen) atoms. The van der Waals surface area contributed by atoms with Gasteiger partial charge in [-0.15, -0.1) is 0 Å². The Morgan fingerprint density at radius 1 is 0.346 bits per heavy atom.